The van der Waals surface area contributed by atoms with E-state index >= 15 is 0 Å². The number of nitrogens with two attached hydrogens (primary N) is 1. The molecular formula is C16H23NO. The minimum Gasteiger partial charge on any atom is -0.496 e. The summed E-state index contributed by atoms with van der Waals surface area (Å²) in [5.41, 5.74) is 10.9. The average Bonchev–Trinajstić information content (AvgIpc) is 2.85. The second kappa shape index (κ2) is 4.58. The summed E-state index contributed by atoms with van der Waals surface area (Å²) >= 11 is 0. The summed E-state index contributed by atoms with van der Waals surface area (Å²) in [7, 11) is 1.77. The third-order valence-electron chi connectivity index (χ3n) is 4.71. The van der Waals surface area contributed by atoms with E-state index in [1.165, 1.54) is 55.2 Å². The monoisotopic (exact) mass is 245 g/mol. The van der Waals surface area contributed by atoms with Gasteiger partial charge in [0.2, 0.25) is 0 Å². The van der Waals surface area contributed by atoms with Crippen molar-refractivity contribution in [3.8, 4) is 5.75 Å². The lowest BCUT2D eigenvalue weighted by atomic mass is 9.79. The third kappa shape index (κ3) is 1.83. The van der Waals surface area contributed by atoms with E-state index in [-0.39, 0.29) is 5.54 Å². The molecule has 1 fully saturated rings. The van der Waals surface area contributed by atoms with E-state index in [1.807, 2.05) is 0 Å². The lowest BCUT2D eigenvalue weighted by Crippen LogP contribution is -2.35. The molecule has 0 radical (unpaired) electrons. The van der Waals surface area contributed by atoms with Crippen molar-refractivity contribution in [2.45, 2.75) is 56.9 Å². The Labute approximate surface area is 110 Å². The molecule has 2 aliphatic carbocycles. The molecule has 0 unspecified atom stereocenters. The predicted octanol–water partition coefficient (Wildman–Crippen LogP) is 3.30. The van der Waals surface area contributed by atoms with E-state index < -0.39 is 0 Å². The van der Waals surface area contributed by atoms with Gasteiger partial charge in [0.05, 0.1) is 7.11 Å². The van der Waals surface area contributed by atoms with E-state index in [1.54, 1.807) is 7.11 Å². The Kier molecular flexibility index (Phi) is 3.06. The summed E-state index contributed by atoms with van der Waals surface area (Å²) in [5, 5.41) is 0. The molecular weight excluding hydrogens is 222 g/mol. The molecule has 1 aromatic carbocycles. The van der Waals surface area contributed by atoms with Gasteiger partial charge in [0.15, 0.2) is 0 Å². The first-order valence-electron chi connectivity index (χ1n) is 7.23. The fourth-order valence-electron chi connectivity index (χ4n) is 3.78. The average molecular weight is 245 g/mol. The Balaban J connectivity index is 2.15. The number of hydrogen-bond donors (Lipinski definition) is 1. The Bertz CT molecular complexity index is 447. The third-order valence-corrected chi connectivity index (χ3v) is 4.71. The van der Waals surface area contributed by atoms with Gasteiger partial charge in [-0.1, -0.05) is 18.9 Å². The van der Waals surface area contributed by atoms with Gasteiger partial charge in [-0.05, 0) is 55.7 Å². The SMILES string of the molecule is COc1ccc2c(c1C1(N)CCCC1)CCCC2. The van der Waals surface area contributed by atoms with Gasteiger partial charge in [0, 0.05) is 11.1 Å². The van der Waals surface area contributed by atoms with Gasteiger partial charge in [0.1, 0.15) is 5.75 Å². The molecule has 3 rings (SSSR count). The molecule has 2 nitrogen and oxygen atoms in total. The molecule has 2 heteroatoms. The molecule has 0 spiro atoms. The van der Waals surface area contributed by atoms with Crippen LogP contribution in [-0.2, 0) is 18.4 Å². The molecule has 1 aromatic rings. The van der Waals surface area contributed by atoms with Gasteiger partial charge in [-0.15, -0.1) is 0 Å². The van der Waals surface area contributed by atoms with E-state index in [4.69, 9.17) is 10.5 Å². The first-order valence-corrected chi connectivity index (χ1v) is 7.23. The lowest BCUT2D eigenvalue weighted by molar-refractivity contribution is 0.375. The van der Waals surface area contributed by atoms with Crippen LogP contribution in [0.2, 0.25) is 0 Å². The quantitative estimate of drug-likeness (QED) is 0.867. The second-order valence-electron chi connectivity index (χ2n) is 5.85. The van der Waals surface area contributed by atoms with Gasteiger partial charge in [0.25, 0.3) is 0 Å². The Morgan fingerprint density at radius 2 is 1.78 bits per heavy atom. The van der Waals surface area contributed by atoms with Crippen molar-refractivity contribution in [3.63, 3.8) is 0 Å². The highest BCUT2D eigenvalue weighted by Crippen LogP contribution is 2.44. The molecule has 98 valence electrons. The molecule has 0 heterocycles. The molecule has 0 bridgehead atoms. The molecule has 0 aliphatic heterocycles. The number of ether oxygens (including phenoxy) is 1. The minimum absolute atomic E-state index is 0.131. The van der Waals surface area contributed by atoms with Crippen LogP contribution in [0, 0.1) is 0 Å². The van der Waals surface area contributed by atoms with Crippen LogP contribution in [0.4, 0.5) is 0 Å². The van der Waals surface area contributed by atoms with Crippen molar-refractivity contribution in [1.29, 1.82) is 0 Å². The Hall–Kier alpha value is -1.02. The summed E-state index contributed by atoms with van der Waals surface area (Å²) in [6.45, 7) is 0. The first kappa shape index (κ1) is 12.0. The smallest absolute Gasteiger partial charge is 0.124 e. The highest BCUT2D eigenvalue weighted by Gasteiger charge is 2.36. The summed E-state index contributed by atoms with van der Waals surface area (Å²) in [6.07, 6.45) is 9.73. The fourth-order valence-corrected chi connectivity index (χ4v) is 3.78. The molecule has 2 aliphatic rings. The van der Waals surface area contributed by atoms with Crippen molar-refractivity contribution in [3.05, 3.63) is 28.8 Å². The summed E-state index contributed by atoms with van der Waals surface area (Å²) in [6, 6.07) is 4.38. The molecule has 0 saturated heterocycles. The van der Waals surface area contributed by atoms with Crippen molar-refractivity contribution in [2.75, 3.05) is 7.11 Å². The maximum absolute atomic E-state index is 6.70. The zero-order chi connectivity index (χ0) is 12.6. The van der Waals surface area contributed by atoms with E-state index in [0.717, 1.165) is 18.6 Å². The number of benzene rings is 1. The molecule has 2 N–H and O–H groups in total. The number of methoxy groups -OCH3 is 1. The van der Waals surface area contributed by atoms with E-state index in [0.29, 0.717) is 0 Å². The number of aryl methyl sites for hydroxylation is 1. The minimum atomic E-state index is -0.131. The molecule has 0 atom stereocenters. The molecule has 18 heavy (non-hydrogen) atoms. The van der Waals surface area contributed by atoms with Crippen LogP contribution in [0.5, 0.6) is 5.75 Å². The van der Waals surface area contributed by atoms with Crippen LogP contribution in [0.3, 0.4) is 0 Å². The predicted molar refractivity (Wildman–Crippen MR) is 74.0 cm³/mol. The van der Waals surface area contributed by atoms with Gasteiger partial charge in [-0.2, -0.15) is 0 Å². The normalized spacial score (nSPS) is 21.7. The van der Waals surface area contributed by atoms with Crippen LogP contribution in [0.1, 0.15) is 55.2 Å². The number of rotatable bonds is 2. The lowest BCUT2D eigenvalue weighted by Gasteiger charge is -2.32. The molecule has 0 amide bonds. The van der Waals surface area contributed by atoms with Crippen LogP contribution in [0.15, 0.2) is 12.1 Å². The van der Waals surface area contributed by atoms with Crippen LogP contribution in [-0.4, -0.2) is 7.11 Å². The van der Waals surface area contributed by atoms with Gasteiger partial charge < -0.3 is 10.5 Å². The van der Waals surface area contributed by atoms with Gasteiger partial charge in [-0.25, -0.2) is 0 Å². The topological polar surface area (TPSA) is 35.2 Å². The Morgan fingerprint density at radius 1 is 1.06 bits per heavy atom. The van der Waals surface area contributed by atoms with Crippen LogP contribution < -0.4 is 10.5 Å². The Morgan fingerprint density at radius 3 is 2.50 bits per heavy atom. The van der Waals surface area contributed by atoms with Crippen molar-refractivity contribution in [2.24, 2.45) is 5.73 Å². The summed E-state index contributed by atoms with van der Waals surface area (Å²) < 4.78 is 5.61. The van der Waals surface area contributed by atoms with Crippen molar-refractivity contribution < 1.29 is 4.74 Å². The van der Waals surface area contributed by atoms with Gasteiger partial charge >= 0.3 is 0 Å². The highest BCUT2D eigenvalue weighted by molar-refractivity contribution is 5.50. The van der Waals surface area contributed by atoms with Crippen molar-refractivity contribution >= 4 is 0 Å². The van der Waals surface area contributed by atoms with Crippen molar-refractivity contribution in [1.82, 2.24) is 0 Å². The largest absolute Gasteiger partial charge is 0.496 e. The molecule has 1 saturated carbocycles. The highest BCUT2D eigenvalue weighted by atomic mass is 16.5. The maximum Gasteiger partial charge on any atom is 0.124 e. The van der Waals surface area contributed by atoms with E-state index in [2.05, 4.69) is 12.1 Å². The first-order chi connectivity index (χ1) is 8.74. The standard InChI is InChI=1S/C16H23NO/c1-18-14-9-8-12-6-2-3-7-13(12)15(14)16(17)10-4-5-11-16/h8-9H,2-7,10-11,17H2,1H3. The summed E-state index contributed by atoms with van der Waals surface area (Å²) in [4.78, 5) is 0. The maximum atomic E-state index is 6.70. The van der Waals surface area contributed by atoms with Crippen LogP contribution >= 0.6 is 0 Å². The zero-order valence-electron chi connectivity index (χ0n) is 11.3. The second-order valence-corrected chi connectivity index (χ2v) is 5.85. The zero-order valence-corrected chi connectivity index (χ0v) is 11.3. The van der Waals surface area contributed by atoms with Gasteiger partial charge in [-0.3, -0.25) is 0 Å². The number of hydrogen-bond acceptors (Lipinski definition) is 2. The number of fused-ring (bicyclic) bond motifs is 1. The van der Waals surface area contributed by atoms with E-state index in [9.17, 15) is 0 Å². The van der Waals surface area contributed by atoms with Crippen LogP contribution in [0.25, 0.3) is 0 Å². The summed E-state index contributed by atoms with van der Waals surface area (Å²) in [5.74, 6) is 1.01. The molecule has 0 aromatic heterocycles. The fraction of sp³-hybridized carbons (Fsp3) is 0.625.